The van der Waals surface area contributed by atoms with Gasteiger partial charge in [0, 0.05) is 18.8 Å². The SMILES string of the molecule is CCCCOc1ccc(CCNCCNC(=O)Nc2ccccc2)c(CCC)c1. The Hall–Kier alpha value is -2.53. The summed E-state index contributed by atoms with van der Waals surface area (Å²) in [5, 5.41) is 9.08. The van der Waals surface area contributed by atoms with Gasteiger partial charge in [-0.2, -0.15) is 0 Å². The summed E-state index contributed by atoms with van der Waals surface area (Å²) in [6.45, 7) is 7.38. The van der Waals surface area contributed by atoms with Gasteiger partial charge in [-0.1, -0.05) is 51.0 Å². The molecule has 0 spiro atoms. The molecule has 0 bridgehead atoms. The number of carbonyl (C=O) groups excluding carboxylic acids is 1. The molecule has 29 heavy (non-hydrogen) atoms. The van der Waals surface area contributed by atoms with Crippen LogP contribution in [0.5, 0.6) is 5.75 Å². The lowest BCUT2D eigenvalue weighted by molar-refractivity contribution is 0.252. The van der Waals surface area contributed by atoms with Crippen LogP contribution in [0.2, 0.25) is 0 Å². The van der Waals surface area contributed by atoms with Crippen molar-refractivity contribution in [3.05, 3.63) is 59.7 Å². The first-order chi connectivity index (χ1) is 14.2. The molecule has 0 aliphatic rings. The summed E-state index contributed by atoms with van der Waals surface area (Å²) in [7, 11) is 0. The predicted molar refractivity (Wildman–Crippen MR) is 121 cm³/mol. The molecule has 3 N–H and O–H groups in total. The number of carbonyl (C=O) groups is 1. The lowest BCUT2D eigenvalue weighted by Gasteiger charge is -2.13. The van der Waals surface area contributed by atoms with Crippen molar-refractivity contribution in [1.82, 2.24) is 10.6 Å². The van der Waals surface area contributed by atoms with E-state index in [1.54, 1.807) is 0 Å². The summed E-state index contributed by atoms with van der Waals surface area (Å²) in [4.78, 5) is 11.8. The van der Waals surface area contributed by atoms with Gasteiger partial charge in [0.05, 0.1) is 6.61 Å². The van der Waals surface area contributed by atoms with Gasteiger partial charge in [-0.3, -0.25) is 0 Å². The third-order valence-corrected chi connectivity index (χ3v) is 4.65. The average molecular weight is 398 g/mol. The maximum atomic E-state index is 11.8. The molecule has 0 atom stereocenters. The number of hydrogen-bond donors (Lipinski definition) is 3. The highest BCUT2D eigenvalue weighted by Gasteiger charge is 2.05. The molecule has 0 aliphatic heterocycles. The largest absolute Gasteiger partial charge is 0.494 e. The number of ether oxygens (including phenoxy) is 1. The Morgan fingerprint density at radius 3 is 2.48 bits per heavy atom. The van der Waals surface area contributed by atoms with E-state index in [0.29, 0.717) is 6.54 Å². The maximum Gasteiger partial charge on any atom is 0.319 e. The van der Waals surface area contributed by atoms with E-state index < -0.39 is 0 Å². The number of aryl methyl sites for hydroxylation is 1. The van der Waals surface area contributed by atoms with Gasteiger partial charge in [-0.15, -0.1) is 0 Å². The third-order valence-electron chi connectivity index (χ3n) is 4.65. The van der Waals surface area contributed by atoms with E-state index in [1.807, 2.05) is 30.3 Å². The first-order valence-corrected chi connectivity index (χ1v) is 10.8. The molecular formula is C24H35N3O2. The zero-order chi connectivity index (χ0) is 20.7. The van der Waals surface area contributed by atoms with Crippen LogP contribution in [-0.2, 0) is 12.8 Å². The van der Waals surface area contributed by atoms with Gasteiger partial charge in [-0.05, 0) is 61.2 Å². The van der Waals surface area contributed by atoms with Crippen LogP contribution in [0.4, 0.5) is 10.5 Å². The highest BCUT2D eigenvalue weighted by atomic mass is 16.5. The van der Waals surface area contributed by atoms with Gasteiger partial charge in [0.15, 0.2) is 0 Å². The Bertz CT molecular complexity index is 719. The highest BCUT2D eigenvalue weighted by molar-refractivity contribution is 5.89. The van der Waals surface area contributed by atoms with Crippen LogP contribution < -0.4 is 20.7 Å². The number of amides is 2. The third kappa shape index (κ3) is 9.01. The molecule has 0 aromatic heterocycles. The summed E-state index contributed by atoms with van der Waals surface area (Å²) in [6, 6.07) is 15.7. The summed E-state index contributed by atoms with van der Waals surface area (Å²) in [5.41, 5.74) is 3.55. The number of urea groups is 1. The normalized spacial score (nSPS) is 10.6. The lowest BCUT2D eigenvalue weighted by Crippen LogP contribution is -2.35. The molecule has 0 radical (unpaired) electrons. The van der Waals surface area contributed by atoms with E-state index in [2.05, 4.69) is 48.0 Å². The summed E-state index contributed by atoms with van der Waals surface area (Å²) in [5.74, 6) is 0.979. The van der Waals surface area contributed by atoms with Crippen molar-refractivity contribution in [2.45, 2.75) is 46.0 Å². The van der Waals surface area contributed by atoms with Crippen molar-refractivity contribution in [2.24, 2.45) is 0 Å². The van der Waals surface area contributed by atoms with Gasteiger partial charge in [-0.25, -0.2) is 4.79 Å². The van der Waals surface area contributed by atoms with E-state index >= 15 is 0 Å². The lowest BCUT2D eigenvalue weighted by atomic mass is 10.0. The van der Waals surface area contributed by atoms with Crippen LogP contribution in [0.1, 0.15) is 44.2 Å². The molecule has 2 aromatic carbocycles. The van der Waals surface area contributed by atoms with Crippen LogP contribution in [0, 0.1) is 0 Å². The second-order valence-corrected chi connectivity index (χ2v) is 7.13. The number of unbranched alkanes of at least 4 members (excludes halogenated alkanes) is 1. The Morgan fingerprint density at radius 2 is 1.72 bits per heavy atom. The quantitative estimate of drug-likeness (QED) is 0.427. The van der Waals surface area contributed by atoms with Gasteiger partial charge in [0.25, 0.3) is 0 Å². The molecule has 0 fully saturated rings. The van der Waals surface area contributed by atoms with Crippen LogP contribution >= 0.6 is 0 Å². The van der Waals surface area contributed by atoms with Gasteiger partial charge >= 0.3 is 6.03 Å². The number of hydrogen-bond acceptors (Lipinski definition) is 3. The van der Waals surface area contributed by atoms with E-state index in [9.17, 15) is 4.79 Å². The predicted octanol–water partition coefficient (Wildman–Crippen LogP) is 4.77. The van der Waals surface area contributed by atoms with Crippen molar-refractivity contribution >= 4 is 11.7 Å². The molecule has 0 saturated heterocycles. The molecule has 5 heteroatoms. The van der Waals surface area contributed by atoms with Crippen molar-refractivity contribution in [1.29, 1.82) is 0 Å². The zero-order valence-corrected chi connectivity index (χ0v) is 17.8. The van der Waals surface area contributed by atoms with Gasteiger partial charge < -0.3 is 20.7 Å². The molecule has 0 heterocycles. The molecule has 2 aromatic rings. The molecule has 0 saturated carbocycles. The second-order valence-electron chi connectivity index (χ2n) is 7.13. The topological polar surface area (TPSA) is 62.4 Å². The maximum absolute atomic E-state index is 11.8. The minimum Gasteiger partial charge on any atom is -0.494 e. The van der Waals surface area contributed by atoms with E-state index in [1.165, 1.54) is 11.1 Å². The zero-order valence-electron chi connectivity index (χ0n) is 17.8. The van der Waals surface area contributed by atoms with Crippen molar-refractivity contribution in [3.63, 3.8) is 0 Å². The van der Waals surface area contributed by atoms with Gasteiger partial charge in [0.1, 0.15) is 5.75 Å². The first-order valence-electron chi connectivity index (χ1n) is 10.8. The second kappa shape index (κ2) is 13.6. The van der Waals surface area contributed by atoms with Crippen LogP contribution in [0.25, 0.3) is 0 Å². The Labute approximate surface area is 175 Å². The molecule has 2 amide bonds. The fourth-order valence-electron chi connectivity index (χ4n) is 3.08. The Kier molecular flexibility index (Phi) is 10.7. The number of rotatable bonds is 13. The van der Waals surface area contributed by atoms with Crippen molar-refractivity contribution in [2.75, 3.05) is 31.6 Å². The van der Waals surface area contributed by atoms with Crippen LogP contribution in [-0.4, -0.2) is 32.3 Å². The molecule has 0 unspecified atom stereocenters. The summed E-state index contributed by atoms with van der Waals surface area (Å²) in [6.07, 6.45) is 5.40. The minimum absolute atomic E-state index is 0.179. The van der Waals surface area contributed by atoms with Crippen molar-refractivity contribution in [3.8, 4) is 5.75 Å². The van der Waals surface area contributed by atoms with Crippen LogP contribution in [0.15, 0.2) is 48.5 Å². The fraction of sp³-hybridized carbons (Fsp3) is 0.458. The van der Waals surface area contributed by atoms with E-state index in [0.717, 1.165) is 63.2 Å². The summed E-state index contributed by atoms with van der Waals surface area (Å²) >= 11 is 0. The molecular weight excluding hydrogens is 362 g/mol. The Morgan fingerprint density at radius 1 is 0.897 bits per heavy atom. The standard InChI is InChI=1S/C24H35N3O2/c1-3-5-18-29-23-13-12-20(21(19-23)9-4-2)14-15-25-16-17-26-24(28)27-22-10-7-6-8-11-22/h6-8,10-13,19,25H,3-5,9,14-18H2,1-2H3,(H2,26,27,28). The monoisotopic (exact) mass is 397 g/mol. The fourth-order valence-corrected chi connectivity index (χ4v) is 3.08. The number of benzene rings is 2. The number of nitrogens with one attached hydrogen (secondary N) is 3. The molecule has 2 rings (SSSR count). The number of para-hydroxylation sites is 1. The minimum atomic E-state index is -0.179. The summed E-state index contributed by atoms with van der Waals surface area (Å²) < 4.78 is 5.85. The van der Waals surface area contributed by atoms with E-state index in [4.69, 9.17) is 4.74 Å². The van der Waals surface area contributed by atoms with Gasteiger partial charge in [0.2, 0.25) is 0 Å². The number of anilines is 1. The smallest absolute Gasteiger partial charge is 0.319 e. The average Bonchev–Trinajstić information content (AvgIpc) is 2.73. The Balaban J connectivity index is 1.67. The van der Waals surface area contributed by atoms with Crippen LogP contribution in [0.3, 0.4) is 0 Å². The highest BCUT2D eigenvalue weighted by Crippen LogP contribution is 2.20. The first kappa shape index (κ1) is 22.8. The van der Waals surface area contributed by atoms with Crippen molar-refractivity contribution < 1.29 is 9.53 Å². The molecule has 158 valence electrons. The molecule has 0 aliphatic carbocycles. The molecule has 5 nitrogen and oxygen atoms in total. The van der Waals surface area contributed by atoms with E-state index in [-0.39, 0.29) is 6.03 Å².